The van der Waals surface area contributed by atoms with E-state index in [0.29, 0.717) is 34.1 Å². The van der Waals surface area contributed by atoms with Crippen molar-refractivity contribution >= 4 is 57.6 Å². The molecule has 0 saturated heterocycles. The Labute approximate surface area is 349 Å². The van der Waals surface area contributed by atoms with Crippen molar-refractivity contribution in [3.05, 3.63) is 145 Å². The van der Waals surface area contributed by atoms with Crippen LogP contribution >= 0.6 is 0 Å². The minimum Gasteiger partial charge on any atom is -0.426 e. The molecule has 0 atom stereocenters. The van der Waals surface area contributed by atoms with Gasteiger partial charge in [-0.3, -0.25) is 9.59 Å². The van der Waals surface area contributed by atoms with Crippen LogP contribution in [0.5, 0.6) is 23.0 Å². The predicted molar refractivity (Wildman–Crippen MR) is 234 cm³/mol. The lowest BCUT2D eigenvalue weighted by Gasteiger charge is -2.19. The lowest BCUT2D eigenvalue weighted by Crippen LogP contribution is -2.22. The average molecular weight is 799 g/mol. The van der Waals surface area contributed by atoms with Gasteiger partial charge in [0.15, 0.2) is 0 Å². The van der Waals surface area contributed by atoms with Crippen LogP contribution in [-0.4, -0.2) is 23.9 Å². The molecule has 6 aromatic carbocycles. The van der Waals surface area contributed by atoms with Crippen LogP contribution in [0.1, 0.15) is 75.3 Å². The van der Waals surface area contributed by atoms with Crippen molar-refractivity contribution < 1.29 is 38.1 Å². The summed E-state index contributed by atoms with van der Waals surface area (Å²) in [5, 5.41) is 3.42. The van der Waals surface area contributed by atoms with E-state index in [4.69, 9.17) is 18.9 Å². The number of fused-ring (bicyclic) bond motifs is 2. The Morgan fingerprint density at radius 1 is 0.417 bits per heavy atom. The normalized spacial score (nSPS) is 15.0. The first kappa shape index (κ1) is 40.0. The molecule has 0 radical (unpaired) electrons. The molecular weight excluding hydrogens is 753 g/mol. The first-order chi connectivity index (χ1) is 29.4. The Hall–Kier alpha value is -6.80. The van der Waals surface area contributed by atoms with E-state index in [9.17, 15) is 19.2 Å². The van der Waals surface area contributed by atoms with Crippen molar-refractivity contribution in [3.63, 3.8) is 0 Å². The minimum atomic E-state index is -0.601. The van der Waals surface area contributed by atoms with Crippen LogP contribution in [0.15, 0.2) is 133 Å². The highest BCUT2D eigenvalue weighted by Crippen LogP contribution is 2.45. The molecule has 8 heteroatoms. The van der Waals surface area contributed by atoms with Gasteiger partial charge in [-0.25, -0.2) is 9.59 Å². The van der Waals surface area contributed by atoms with Crippen molar-refractivity contribution in [1.29, 1.82) is 0 Å². The van der Waals surface area contributed by atoms with Gasteiger partial charge in [0.1, 0.15) is 23.0 Å². The SMILES string of the molecule is O=C(/C=C/c1ccc(OC(=O)C2CCCCC2)cc1)Oc1ccc2ccccc2c1-c1c(OC(=O)/C=C/c2ccc(OC(=O)C3CCCCC3)cc2)ccc2ccccc12. The van der Waals surface area contributed by atoms with Crippen LogP contribution in [0, 0.1) is 11.8 Å². The summed E-state index contributed by atoms with van der Waals surface area (Å²) in [6.07, 6.45) is 16.0. The highest BCUT2D eigenvalue weighted by atomic mass is 16.5. The maximum atomic E-state index is 13.5. The van der Waals surface area contributed by atoms with Crippen LogP contribution in [0.2, 0.25) is 0 Å². The van der Waals surface area contributed by atoms with E-state index in [1.807, 2.05) is 60.7 Å². The lowest BCUT2D eigenvalue weighted by atomic mass is 9.89. The molecule has 2 fully saturated rings. The number of rotatable bonds is 11. The van der Waals surface area contributed by atoms with Crippen molar-refractivity contribution in [2.24, 2.45) is 11.8 Å². The second-order valence-corrected chi connectivity index (χ2v) is 15.5. The number of hydrogen-bond acceptors (Lipinski definition) is 8. The average Bonchev–Trinajstić information content (AvgIpc) is 3.29. The zero-order valence-electron chi connectivity index (χ0n) is 33.3. The van der Waals surface area contributed by atoms with E-state index in [1.54, 1.807) is 72.8 Å². The molecule has 60 heavy (non-hydrogen) atoms. The molecule has 0 aliphatic heterocycles. The number of ether oxygens (including phenoxy) is 4. The molecule has 2 aliphatic rings. The summed E-state index contributed by atoms with van der Waals surface area (Å²) in [7, 11) is 0. The smallest absolute Gasteiger partial charge is 0.336 e. The molecule has 2 aliphatic carbocycles. The number of esters is 4. The van der Waals surface area contributed by atoms with Gasteiger partial charge < -0.3 is 18.9 Å². The first-order valence-electron chi connectivity index (χ1n) is 20.9. The third kappa shape index (κ3) is 9.72. The quantitative estimate of drug-likeness (QED) is 0.0725. The monoisotopic (exact) mass is 798 g/mol. The van der Waals surface area contributed by atoms with Crippen molar-refractivity contribution in [2.75, 3.05) is 0 Å². The lowest BCUT2D eigenvalue weighted by molar-refractivity contribution is -0.140. The minimum absolute atomic E-state index is 0.0533. The van der Waals surface area contributed by atoms with E-state index in [-0.39, 0.29) is 23.8 Å². The summed E-state index contributed by atoms with van der Waals surface area (Å²) in [5.74, 6) is -0.165. The number of carbonyl (C=O) groups is 4. The maximum absolute atomic E-state index is 13.5. The molecule has 0 spiro atoms. The van der Waals surface area contributed by atoms with Gasteiger partial charge in [-0.15, -0.1) is 0 Å². The fourth-order valence-electron chi connectivity index (χ4n) is 8.17. The van der Waals surface area contributed by atoms with Gasteiger partial charge in [0.2, 0.25) is 0 Å². The molecule has 0 amide bonds. The largest absolute Gasteiger partial charge is 0.426 e. The van der Waals surface area contributed by atoms with E-state index in [1.165, 1.54) is 12.2 Å². The topological polar surface area (TPSA) is 105 Å². The molecule has 6 aromatic rings. The Kier molecular flexibility index (Phi) is 12.6. The fourth-order valence-corrected chi connectivity index (χ4v) is 8.17. The molecule has 0 N–H and O–H groups in total. The summed E-state index contributed by atoms with van der Waals surface area (Å²) < 4.78 is 23.4. The molecule has 0 aromatic heterocycles. The molecule has 2 saturated carbocycles. The van der Waals surface area contributed by atoms with Gasteiger partial charge in [0.05, 0.1) is 11.8 Å². The first-order valence-corrected chi connectivity index (χ1v) is 20.9. The van der Waals surface area contributed by atoms with E-state index >= 15 is 0 Å². The Morgan fingerprint density at radius 3 is 1.20 bits per heavy atom. The molecule has 8 nitrogen and oxygen atoms in total. The molecule has 302 valence electrons. The van der Waals surface area contributed by atoms with Gasteiger partial charge in [0.25, 0.3) is 0 Å². The van der Waals surface area contributed by atoms with Crippen LogP contribution in [0.4, 0.5) is 0 Å². The number of carbonyl (C=O) groups excluding carboxylic acids is 4. The third-order valence-electron chi connectivity index (χ3n) is 11.4. The highest BCUT2D eigenvalue weighted by molar-refractivity contribution is 6.11. The Bertz CT molecular complexity index is 2390. The summed E-state index contributed by atoms with van der Waals surface area (Å²) in [5.41, 5.74) is 2.66. The Morgan fingerprint density at radius 2 is 0.800 bits per heavy atom. The zero-order valence-corrected chi connectivity index (χ0v) is 33.3. The van der Waals surface area contributed by atoms with Gasteiger partial charge in [-0.05, 0) is 107 Å². The second kappa shape index (κ2) is 18.9. The van der Waals surface area contributed by atoms with Crippen molar-refractivity contribution in [2.45, 2.75) is 64.2 Å². The maximum Gasteiger partial charge on any atom is 0.336 e. The molecule has 0 heterocycles. The standard InChI is InChI=1S/C52H46O8/c53-47(33-23-35-19-27-41(28-20-35)57-51(55)39-13-3-1-4-14-39)59-45-31-25-37-11-7-9-17-43(37)49(45)50-44-18-10-8-12-38(44)26-32-46(50)60-48(54)34-24-36-21-29-42(30-22-36)58-52(56)40-15-5-2-6-16-40/h7-12,17-34,39-40H,1-6,13-16H2/b33-23+,34-24+. The van der Waals surface area contributed by atoms with Crippen molar-refractivity contribution in [1.82, 2.24) is 0 Å². The van der Waals surface area contributed by atoms with Crippen LogP contribution in [0.25, 0.3) is 44.8 Å². The predicted octanol–water partition coefficient (Wildman–Crippen LogP) is 11.9. The molecular formula is C52H46O8. The van der Waals surface area contributed by atoms with Crippen molar-refractivity contribution in [3.8, 4) is 34.1 Å². The Balaban J connectivity index is 1.02. The number of hydrogen-bond donors (Lipinski definition) is 0. The van der Waals surface area contributed by atoms with Gasteiger partial charge in [0, 0.05) is 23.3 Å². The van der Waals surface area contributed by atoms with Crippen LogP contribution < -0.4 is 18.9 Å². The number of benzene rings is 6. The van der Waals surface area contributed by atoms with Crippen LogP contribution in [0.3, 0.4) is 0 Å². The van der Waals surface area contributed by atoms with Gasteiger partial charge >= 0.3 is 23.9 Å². The van der Waals surface area contributed by atoms with E-state index in [0.717, 1.165) is 96.9 Å². The fraction of sp³-hybridized carbons (Fsp3) is 0.231. The van der Waals surface area contributed by atoms with Gasteiger partial charge in [-0.2, -0.15) is 0 Å². The van der Waals surface area contributed by atoms with Crippen LogP contribution in [-0.2, 0) is 19.2 Å². The summed E-state index contributed by atoms with van der Waals surface area (Å²) in [6, 6.07) is 36.8. The third-order valence-corrected chi connectivity index (χ3v) is 11.4. The highest BCUT2D eigenvalue weighted by Gasteiger charge is 2.25. The molecule has 0 unspecified atom stereocenters. The van der Waals surface area contributed by atoms with E-state index < -0.39 is 11.9 Å². The summed E-state index contributed by atoms with van der Waals surface area (Å²) >= 11 is 0. The van der Waals surface area contributed by atoms with E-state index in [2.05, 4.69) is 0 Å². The summed E-state index contributed by atoms with van der Waals surface area (Å²) in [6.45, 7) is 0. The van der Waals surface area contributed by atoms with Gasteiger partial charge in [-0.1, -0.05) is 123 Å². The second-order valence-electron chi connectivity index (χ2n) is 15.5. The molecule has 8 rings (SSSR count). The summed E-state index contributed by atoms with van der Waals surface area (Å²) in [4.78, 5) is 52.2. The zero-order chi connectivity index (χ0) is 41.3. The molecule has 0 bridgehead atoms.